The van der Waals surface area contributed by atoms with Crippen LogP contribution >= 0.6 is 0 Å². The summed E-state index contributed by atoms with van der Waals surface area (Å²) in [7, 11) is 1.36. The Morgan fingerprint density at radius 3 is 1.94 bits per heavy atom. The smallest absolute Gasteiger partial charge is 0.311 e. The van der Waals surface area contributed by atoms with E-state index in [2.05, 4.69) is 5.32 Å². The molecule has 0 radical (unpaired) electrons. The van der Waals surface area contributed by atoms with Crippen molar-refractivity contribution in [2.45, 2.75) is 65.1 Å². The summed E-state index contributed by atoms with van der Waals surface area (Å²) in [5.74, 6) is -2.14. The molecule has 0 saturated carbocycles. The Morgan fingerprint density at radius 2 is 1.47 bits per heavy atom. The summed E-state index contributed by atoms with van der Waals surface area (Å²) in [6.45, 7) is 9.76. The third kappa shape index (κ3) is 5.49. The molecule has 6 nitrogen and oxygen atoms in total. The average Bonchev–Trinajstić information content (AvgIpc) is 3.14. The standard InChI is InChI=1S/C28H36N2O4/c1-18(2)29-26(32)25-22(19-13-9-7-10-14-19)23(27(33)34-6)24(20-15-11-8-12-16-20)30(25)21(31)17-28(3,4)5/h7-16,18,22-25H,17H2,1-6H3,(H,29,32). The highest BCUT2D eigenvalue weighted by Crippen LogP contribution is 2.51. The van der Waals surface area contributed by atoms with Crippen LogP contribution in [0.1, 0.15) is 64.1 Å². The molecule has 1 aliphatic rings. The van der Waals surface area contributed by atoms with Gasteiger partial charge in [0.1, 0.15) is 6.04 Å². The van der Waals surface area contributed by atoms with Gasteiger partial charge in [-0.2, -0.15) is 0 Å². The minimum absolute atomic E-state index is 0.115. The Balaban J connectivity index is 2.27. The second kappa shape index (κ2) is 10.4. The molecular formula is C28H36N2O4. The van der Waals surface area contributed by atoms with Crippen molar-refractivity contribution in [2.24, 2.45) is 11.3 Å². The SMILES string of the molecule is COC(=O)C1C(c2ccccc2)C(C(=O)NC(C)C)N(C(=O)CC(C)(C)C)C1c1ccccc1. The summed E-state index contributed by atoms with van der Waals surface area (Å²) in [5.41, 5.74) is 1.35. The number of amides is 2. The molecule has 0 aliphatic carbocycles. The van der Waals surface area contributed by atoms with E-state index in [0.29, 0.717) is 0 Å². The van der Waals surface area contributed by atoms with Crippen LogP contribution in [0, 0.1) is 11.3 Å². The number of methoxy groups -OCH3 is 1. The van der Waals surface area contributed by atoms with Gasteiger partial charge in [0.2, 0.25) is 11.8 Å². The van der Waals surface area contributed by atoms with E-state index in [-0.39, 0.29) is 29.7 Å². The van der Waals surface area contributed by atoms with E-state index in [1.54, 1.807) is 4.90 Å². The lowest BCUT2D eigenvalue weighted by molar-refractivity contribution is -0.148. The summed E-state index contributed by atoms with van der Waals surface area (Å²) in [6, 6.07) is 17.4. The molecule has 0 spiro atoms. The second-order valence-corrected chi connectivity index (χ2v) is 10.5. The summed E-state index contributed by atoms with van der Waals surface area (Å²) >= 11 is 0. The van der Waals surface area contributed by atoms with Crippen molar-refractivity contribution < 1.29 is 19.1 Å². The molecule has 2 amide bonds. The molecule has 6 heteroatoms. The molecule has 1 saturated heterocycles. The number of rotatable bonds is 6. The van der Waals surface area contributed by atoms with Crippen LogP contribution in [0.2, 0.25) is 0 Å². The van der Waals surface area contributed by atoms with E-state index in [4.69, 9.17) is 4.74 Å². The highest BCUT2D eigenvalue weighted by atomic mass is 16.5. The summed E-state index contributed by atoms with van der Waals surface area (Å²) in [5, 5.41) is 3.00. The van der Waals surface area contributed by atoms with Gasteiger partial charge < -0.3 is 15.0 Å². The molecular weight excluding hydrogens is 428 g/mol. The Hall–Kier alpha value is -3.15. The highest BCUT2D eigenvalue weighted by Gasteiger charge is 2.58. The van der Waals surface area contributed by atoms with Crippen LogP contribution in [0.25, 0.3) is 0 Å². The van der Waals surface area contributed by atoms with Crippen molar-refractivity contribution in [3.8, 4) is 0 Å². The minimum atomic E-state index is -0.853. The zero-order valence-electron chi connectivity index (χ0n) is 20.9. The number of nitrogens with one attached hydrogen (secondary N) is 1. The minimum Gasteiger partial charge on any atom is -0.469 e. The van der Waals surface area contributed by atoms with Crippen LogP contribution in [0.3, 0.4) is 0 Å². The van der Waals surface area contributed by atoms with Gasteiger partial charge in [0.05, 0.1) is 19.1 Å². The van der Waals surface area contributed by atoms with E-state index >= 15 is 0 Å². The molecule has 4 unspecified atom stereocenters. The maximum atomic E-state index is 13.9. The Labute approximate surface area is 202 Å². The molecule has 0 aromatic heterocycles. The molecule has 1 heterocycles. The number of nitrogens with zero attached hydrogens (tertiary/aromatic N) is 1. The lowest BCUT2D eigenvalue weighted by Crippen LogP contribution is -2.50. The number of ether oxygens (including phenoxy) is 1. The van der Waals surface area contributed by atoms with Gasteiger partial charge in [-0.15, -0.1) is 0 Å². The van der Waals surface area contributed by atoms with Crippen LogP contribution in [0.15, 0.2) is 60.7 Å². The number of likely N-dealkylation sites (tertiary alicyclic amines) is 1. The third-order valence-electron chi connectivity index (χ3n) is 6.13. The summed E-state index contributed by atoms with van der Waals surface area (Å²) < 4.78 is 5.27. The molecule has 2 aromatic rings. The zero-order chi connectivity index (χ0) is 25.0. The molecule has 1 N–H and O–H groups in total. The number of hydrogen-bond donors (Lipinski definition) is 1. The van der Waals surface area contributed by atoms with E-state index in [1.807, 2.05) is 95.3 Å². The fraction of sp³-hybridized carbons (Fsp3) is 0.464. The third-order valence-corrected chi connectivity index (χ3v) is 6.13. The van der Waals surface area contributed by atoms with Gasteiger partial charge in [0.15, 0.2) is 0 Å². The number of benzene rings is 2. The van der Waals surface area contributed by atoms with Gasteiger partial charge in [0.25, 0.3) is 0 Å². The van der Waals surface area contributed by atoms with Crippen molar-refractivity contribution in [3.63, 3.8) is 0 Å². The Morgan fingerprint density at radius 1 is 0.941 bits per heavy atom. The fourth-order valence-electron chi connectivity index (χ4n) is 4.92. The first-order valence-electron chi connectivity index (χ1n) is 11.8. The van der Waals surface area contributed by atoms with Crippen molar-refractivity contribution in [3.05, 3.63) is 71.8 Å². The number of carbonyl (C=O) groups excluding carboxylic acids is 3. The molecule has 182 valence electrons. The van der Waals surface area contributed by atoms with Crippen LogP contribution in [0.5, 0.6) is 0 Å². The van der Waals surface area contributed by atoms with Gasteiger partial charge in [0, 0.05) is 18.4 Å². The lowest BCUT2D eigenvalue weighted by Gasteiger charge is -2.34. The maximum absolute atomic E-state index is 13.9. The van der Waals surface area contributed by atoms with Crippen molar-refractivity contribution >= 4 is 17.8 Å². The first-order chi connectivity index (χ1) is 16.0. The monoisotopic (exact) mass is 464 g/mol. The van der Waals surface area contributed by atoms with Crippen molar-refractivity contribution in [1.82, 2.24) is 10.2 Å². The normalized spacial score (nSPS) is 22.5. The lowest BCUT2D eigenvalue weighted by atomic mass is 9.79. The first-order valence-corrected chi connectivity index (χ1v) is 11.8. The average molecular weight is 465 g/mol. The molecule has 1 fully saturated rings. The van der Waals surface area contributed by atoms with E-state index in [9.17, 15) is 14.4 Å². The molecule has 1 aliphatic heterocycles. The van der Waals surface area contributed by atoms with Crippen LogP contribution in [-0.2, 0) is 19.1 Å². The molecule has 3 rings (SSSR count). The largest absolute Gasteiger partial charge is 0.469 e. The maximum Gasteiger partial charge on any atom is 0.311 e. The zero-order valence-corrected chi connectivity index (χ0v) is 20.9. The summed E-state index contributed by atoms with van der Waals surface area (Å²) in [4.78, 5) is 42.6. The van der Waals surface area contributed by atoms with Gasteiger partial charge in [-0.1, -0.05) is 81.4 Å². The Bertz CT molecular complexity index is 998. The quantitative estimate of drug-likeness (QED) is 0.640. The fourth-order valence-corrected chi connectivity index (χ4v) is 4.92. The highest BCUT2D eigenvalue weighted by molar-refractivity contribution is 5.92. The number of carbonyl (C=O) groups is 3. The Kier molecular flexibility index (Phi) is 7.80. The van der Waals surface area contributed by atoms with Crippen LogP contribution in [0.4, 0.5) is 0 Å². The second-order valence-electron chi connectivity index (χ2n) is 10.5. The molecule has 4 atom stereocenters. The molecule has 0 bridgehead atoms. The van der Waals surface area contributed by atoms with Crippen LogP contribution in [-0.4, -0.2) is 41.9 Å². The molecule has 34 heavy (non-hydrogen) atoms. The van der Waals surface area contributed by atoms with E-state index < -0.39 is 29.9 Å². The van der Waals surface area contributed by atoms with Gasteiger partial charge in [-0.3, -0.25) is 14.4 Å². The predicted octanol–water partition coefficient (Wildman–Crippen LogP) is 4.47. The number of esters is 1. The summed E-state index contributed by atoms with van der Waals surface area (Å²) in [6.07, 6.45) is 0.247. The van der Waals surface area contributed by atoms with Gasteiger partial charge in [-0.05, 0) is 30.4 Å². The van der Waals surface area contributed by atoms with E-state index in [0.717, 1.165) is 11.1 Å². The van der Waals surface area contributed by atoms with E-state index in [1.165, 1.54) is 7.11 Å². The van der Waals surface area contributed by atoms with Gasteiger partial charge >= 0.3 is 5.97 Å². The van der Waals surface area contributed by atoms with Crippen molar-refractivity contribution in [1.29, 1.82) is 0 Å². The van der Waals surface area contributed by atoms with Gasteiger partial charge in [-0.25, -0.2) is 0 Å². The number of hydrogen-bond acceptors (Lipinski definition) is 4. The van der Waals surface area contributed by atoms with Crippen LogP contribution < -0.4 is 5.32 Å². The topological polar surface area (TPSA) is 75.7 Å². The van der Waals surface area contributed by atoms with Crippen molar-refractivity contribution in [2.75, 3.05) is 7.11 Å². The molecule has 2 aromatic carbocycles. The predicted molar refractivity (Wildman–Crippen MR) is 132 cm³/mol. The first kappa shape index (κ1) is 25.5.